The number of hydrogen-bond acceptors (Lipinski definition) is 2. The molecule has 28 heavy (non-hydrogen) atoms. The van der Waals surface area contributed by atoms with Gasteiger partial charge in [0.15, 0.2) is 0 Å². The molecule has 3 rings (SSSR count). The van der Waals surface area contributed by atoms with Gasteiger partial charge >= 0.3 is 5.97 Å². The minimum atomic E-state index is -0.316. The number of hydrogen-bond donors (Lipinski definition) is 0. The van der Waals surface area contributed by atoms with Crippen molar-refractivity contribution in [2.45, 2.75) is 26.2 Å². The van der Waals surface area contributed by atoms with E-state index in [1.165, 1.54) is 23.8 Å². The van der Waals surface area contributed by atoms with Crippen molar-refractivity contribution in [2.75, 3.05) is 7.11 Å². The van der Waals surface area contributed by atoms with Gasteiger partial charge in [0.25, 0.3) is 0 Å². The van der Waals surface area contributed by atoms with Crippen LogP contribution < -0.4 is 0 Å². The number of rotatable bonds is 6. The highest BCUT2D eigenvalue weighted by atomic mass is 16.5. The lowest BCUT2D eigenvalue weighted by molar-refractivity contribution is 0.0600. The Morgan fingerprint density at radius 3 is 1.75 bits per heavy atom. The van der Waals surface area contributed by atoms with E-state index >= 15 is 0 Å². The SMILES string of the molecule is CCC(C)c1ccc(-c2ccc(/C=C/c3ccc(C(=O)OC)cc3)cc2)cc1. The Labute approximate surface area is 167 Å². The minimum absolute atomic E-state index is 0.316. The van der Waals surface area contributed by atoms with Gasteiger partial charge in [-0.3, -0.25) is 0 Å². The minimum Gasteiger partial charge on any atom is -0.465 e. The van der Waals surface area contributed by atoms with Crippen LogP contribution in [0.15, 0.2) is 72.8 Å². The van der Waals surface area contributed by atoms with Crippen LogP contribution in [0, 0.1) is 0 Å². The second-order valence-electron chi connectivity index (χ2n) is 7.00. The van der Waals surface area contributed by atoms with E-state index in [1.54, 1.807) is 12.1 Å². The van der Waals surface area contributed by atoms with Crippen molar-refractivity contribution in [3.63, 3.8) is 0 Å². The van der Waals surface area contributed by atoms with E-state index in [1.807, 2.05) is 18.2 Å². The van der Waals surface area contributed by atoms with Gasteiger partial charge in [-0.1, -0.05) is 86.7 Å². The third-order valence-electron chi connectivity index (χ3n) is 5.14. The second-order valence-corrected chi connectivity index (χ2v) is 7.00. The summed E-state index contributed by atoms with van der Waals surface area (Å²) in [6, 6.07) is 24.8. The lowest BCUT2D eigenvalue weighted by atomic mass is 9.95. The van der Waals surface area contributed by atoms with E-state index in [0.717, 1.165) is 17.5 Å². The first-order valence-corrected chi connectivity index (χ1v) is 9.67. The highest BCUT2D eigenvalue weighted by Gasteiger charge is 2.04. The second kappa shape index (κ2) is 9.18. The van der Waals surface area contributed by atoms with Gasteiger partial charge in [0.1, 0.15) is 0 Å². The van der Waals surface area contributed by atoms with Gasteiger partial charge in [0.05, 0.1) is 12.7 Å². The molecule has 142 valence electrons. The van der Waals surface area contributed by atoms with Crippen molar-refractivity contribution >= 4 is 18.1 Å². The molecule has 0 radical (unpaired) electrons. The first-order chi connectivity index (χ1) is 13.6. The summed E-state index contributed by atoms with van der Waals surface area (Å²) in [4.78, 5) is 11.5. The fourth-order valence-electron chi connectivity index (χ4n) is 3.07. The molecule has 0 saturated carbocycles. The van der Waals surface area contributed by atoms with E-state index < -0.39 is 0 Å². The monoisotopic (exact) mass is 370 g/mol. The van der Waals surface area contributed by atoms with E-state index in [9.17, 15) is 4.79 Å². The summed E-state index contributed by atoms with van der Waals surface area (Å²) < 4.78 is 4.72. The number of esters is 1. The maximum atomic E-state index is 11.5. The maximum Gasteiger partial charge on any atom is 0.337 e. The summed E-state index contributed by atoms with van der Waals surface area (Å²) in [6.45, 7) is 4.48. The maximum absolute atomic E-state index is 11.5. The van der Waals surface area contributed by atoms with E-state index in [0.29, 0.717) is 11.5 Å². The third kappa shape index (κ3) is 4.77. The van der Waals surface area contributed by atoms with Gasteiger partial charge in [-0.2, -0.15) is 0 Å². The lowest BCUT2D eigenvalue weighted by Gasteiger charge is -2.10. The molecule has 0 aromatic heterocycles. The molecule has 1 unspecified atom stereocenters. The number of methoxy groups -OCH3 is 1. The van der Waals surface area contributed by atoms with Crippen molar-refractivity contribution in [1.82, 2.24) is 0 Å². The van der Waals surface area contributed by atoms with Crippen LogP contribution in [0.25, 0.3) is 23.3 Å². The Morgan fingerprint density at radius 1 is 0.821 bits per heavy atom. The predicted molar refractivity (Wildman–Crippen MR) is 117 cm³/mol. The smallest absolute Gasteiger partial charge is 0.337 e. The van der Waals surface area contributed by atoms with Gasteiger partial charge < -0.3 is 4.74 Å². The Bertz CT molecular complexity index is 933. The van der Waals surface area contributed by atoms with Crippen LogP contribution in [0.4, 0.5) is 0 Å². The largest absolute Gasteiger partial charge is 0.465 e. The van der Waals surface area contributed by atoms with Crippen LogP contribution >= 0.6 is 0 Å². The number of carbonyl (C=O) groups excluding carboxylic acids is 1. The van der Waals surface area contributed by atoms with Crippen LogP contribution in [-0.4, -0.2) is 13.1 Å². The van der Waals surface area contributed by atoms with Gasteiger partial charge in [0.2, 0.25) is 0 Å². The topological polar surface area (TPSA) is 26.3 Å². The van der Waals surface area contributed by atoms with E-state index in [-0.39, 0.29) is 5.97 Å². The normalized spacial score (nSPS) is 12.1. The third-order valence-corrected chi connectivity index (χ3v) is 5.14. The zero-order chi connectivity index (χ0) is 19.9. The van der Waals surface area contributed by atoms with Crippen LogP contribution in [0.2, 0.25) is 0 Å². The Balaban J connectivity index is 1.68. The molecule has 0 N–H and O–H groups in total. The summed E-state index contributed by atoms with van der Waals surface area (Å²) in [5.41, 5.74) is 6.58. The lowest BCUT2D eigenvalue weighted by Crippen LogP contribution is -2.00. The van der Waals surface area contributed by atoms with Crippen LogP contribution in [0.1, 0.15) is 53.2 Å². The molecule has 2 nitrogen and oxygen atoms in total. The van der Waals surface area contributed by atoms with Crippen molar-refractivity contribution in [3.8, 4) is 11.1 Å². The standard InChI is InChI=1S/C26H26O2/c1-4-19(2)22-15-17-24(18-16-22)23-11-7-20(8-12-23)5-6-21-9-13-25(14-10-21)26(27)28-3/h5-19H,4H2,1-3H3/b6-5+. The zero-order valence-corrected chi connectivity index (χ0v) is 16.7. The number of benzene rings is 3. The average Bonchev–Trinajstić information content (AvgIpc) is 2.77. The van der Waals surface area contributed by atoms with Gasteiger partial charge in [-0.05, 0) is 52.3 Å². The molecule has 0 saturated heterocycles. The Kier molecular flexibility index (Phi) is 6.44. The van der Waals surface area contributed by atoms with Crippen LogP contribution in [-0.2, 0) is 4.74 Å². The molecule has 3 aromatic carbocycles. The molecule has 0 bridgehead atoms. The van der Waals surface area contributed by atoms with Gasteiger partial charge in [-0.25, -0.2) is 4.79 Å². The van der Waals surface area contributed by atoms with E-state index in [4.69, 9.17) is 4.74 Å². The highest BCUT2D eigenvalue weighted by Crippen LogP contribution is 2.25. The molecule has 0 amide bonds. The molecule has 0 aliphatic carbocycles. The Morgan fingerprint density at radius 2 is 1.29 bits per heavy atom. The van der Waals surface area contributed by atoms with Gasteiger partial charge in [-0.15, -0.1) is 0 Å². The molecule has 3 aromatic rings. The van der Waals surface area contributed by atoms with Crippen molar-refractivity contribution < 1.29 is 9.53 Å². The average molecular weight is 370 g/mol. The molecular formula is C26H26O2. The molecule has 0 fully saturated rings. The number of carbonyl (C=O) groups is 1. The quantitative estimate of drug-likeness (QED) is 0.351. The van der Waals surface area contributed by atoms with E-state index in [2.05, 4.69) is 68.5 Å². The molecule has 0 heterocycles. The number of ether oxygens (including phenoxy) is 1. The molecule has 2 heteroatoms. The van der Waals surface area contributed by atoms with Crippen molar-refractivity contribution in [2.24, 2.45) is 0 Å². The molecule has 0 aliphatic heterocycles. The zero-order valence-electron chi connectivity index (χ0n) is 16.7. The summed E-state index contributed by atoms with van der Waals surface area (Å²) in [6.07, 6.45) is 5.27. The molecular weight excluding hydrogens is 344 g/mol. The summed E-state index contributed by atoms with van der Waals surface area (Å²) in [5.74, 6) is 0.284. The summed E-state index contributed by atoms with van der Waals surface area (Å²) >= 11 is 0. The van der Waals surface area contributed by atoms with Gasteiger partial charge in [0, 0.05) is 0 Å². The molecule has 0 spiro atoms. The predicted octanol–water partition coefficient (Wildman–Crippen LogP) is 6.82. The molecule has 1 atom stereocenters. The Hall–Kier alpha value is -3.13. The van der Waals surface area contributed by atoms with Crippen molar-refractivity contribution in [1.29, 1.82) is 0 Å². The first kappa shape index (κ1) is 19.6. The first-order valence-electron chi connectivity index (χ1n) is 9.67. The fourth-order valence-corrected chi connectivity index (χ4v) is 3.07. The summed E-state index contributed by atoms with van der Waals surface area (Å²) in [7, 11) is 1.39. The summed E-state index contributed by atoms with van der Waals surface area (Å²) in [5, 5.41) is 0. The highest BCUT2D eigenvalue weighted by molar-refractivity contribution is 5.89. The van der Waals surface area contributed by atoms with Crippen LogP contribution in [0.5, 0.6) is 0 Å². The van der Waals surface area contributed by atoms with Crippen LogP contribution in [0.3, 0.4) is 0 Å². The van der Waals surface area contributed by atoms with Crippen molar-refractivity contribution in [3.05, 3.63) is 95.1 Å². The molecule has 0 aliphatic rings. The fraction of sp³-hybridized carbons (Fsp3) is 0.192.